The van der Waals surface area contributed by atoms with Crippen molar-refractivity contribution in [1.82, 2.24) is 5.32 Å². The van der Waals surface area contributed by atoms with Gasteiger partial charge in [0, 0.05) is 0 Å². The zero-order valence-electron chi connectivity index (χ0n) is 11.7. The molecule has 22 heavy (non-hydrogen) atoms. The molecule has 122 valence electrons. The van der Waals surface area contributed by atoms with Crippen LogP contribution in [0.3, 0.4) is 0 Å². The Morgan fingerprint density at radius 2 is 1.86 bits per heavy atom. The molecule has 0 aromatic heterocycles. The number of carbonyl (C=O) groups excluding carboxylic acids is 1. The van der Waals surface area contributed by atoms with Gasteiger partial charge in [-0.2, -0.15) is 0 Å². The van der Waals surface area contributed by atoms with Crippen LogP contribution < -0.4 is 5.32 Å². The molecule has 1 saturated heterocycles. The summed E-state index contributed by atoms with van der Waals surface area (Å²) in [6.45, 7) is -0.547. The predicted octanol–water partition coefficient (Wildman–Crippen LogP) is -1.29. The van der Waals surface area contributed by atoms with Crippen LogP contribution >= 0.6 is 0 Å². The van der Waals surface area contributed by atoms with Gasteiger partial charge in [-0.3, -0.25) is 0 Å². The van der Waals surface area contributed by atoms with Crippen molar-refractivity contribution in [3.63, 3.8) is 0 Å². The van der Waals surface area contributed by atoms with Crippen LogP contribution in [0, 0.1) is 0 Å². The molecule has 0 radical (unpaired) electrons. The van der Waals surface area contributed by atoms with Gasteiger partial charge in [0.15, 0.2) is 6.29 Å². The van der Waals surface area contributed by atoms with Gasteiger partial charge in [0.05, 0.1) is 6.61 Å². The summed E-state index contributed by atoms with van der Waals surface area (Å²) < 4.78 is 9.88. The summed E-state index contributed by atoms with van der Waals surface area (Å²) >= 11 is 0. The number of benzene rings is 1. The molecule has 1 aliphatic heterocycles. The fourth-order valence-corrected chi connectivity index (χ4v) is 2.15. The van der Waals surface area contributed by atoms with E-state index in [1.165, 1.54) is 0 Å². The number of aliphatic hydroxyl groups excluding tert-OH is 4. The fourth-order valence-electron chi connectivity index (χ4n) is 2.15. The lowest BCUT2D eigenvalue weighted by Gasteiger charge is -2.39. The number of aliphatic hydroxyl groups is 4. The molecule has 8 heteroatoms. The lowest BCUT2D eigenvalue weighted by molar-refractivity contribution is -0.253. The molecule has 0 saturated carbocycles. The van der Waals surface area contributed by atoms with E-state index in [1.807, 2.05) is 6.07 Å². The van der Waals surface area contributed by atoms with Crippen molar-refractivity contribution in [2.45, 2.75) is 37.3 Å². The van der Waals surface area contributed by atoms with Crippen molar-refractivity contribution < 1.29 is 34.7 Å². The molecule has 0 spiro atoms. The van der Waals surface area contributed by atoms with Gasteiger partial charge in [-0.1, -0.05) is 30.3 Å². The molecule has 1 heterocycles. The lowest BCUT2D eigenvalue weighted by Crippen LogP contribution is -2.64. The molecule has 2 rings (SSSR count). The average molecular weight is 313 g/mol. The highest BCUT2D eigenvalue weighted by Crippen LogP contribution is 2.19. The highest BCUT2D eigenvalue weighted by Gasteiger charge is 2.44. The lowest BCUT2D eigenvalue weighted by atomic mass is 9.97. The number of nitrogens with one attached hydrogen (secondary N) is 1. The number of hydrogen-bond donors (Lipinski definition) is 5. The third-order valence-electron chi connectivity index (χ3n) is 3.40. The minimum Gasteiger partial charge on any atom is -0.445 e. The van der Waals surface area contributed by atoms with Gasteiger partial charge >= 0.3 is 6.09 Å². The van der Waals surface area contributed by atoms with E-state index in [0.717, 1.165) is 5.56 Å². The number of alkyl carbamates (subject to hydrolysis) is 1. The monoisotopic (exact) mass is 313 g/mol. The molecular weight excluding hydrogens is 294 g/mol. The van der Waals surface area contributed by atoms with Crippen molar-refractivity contribution in [3.8, 4) is 0 Å². The molecule has 0 unspecified atom stereocenters. The Labute approximate surface area is 126 Å². The Balaban J connectivity index is 1.87. The Morgan fingerprint density at radius 3 is 2.50 bits per heavy atom. The summed E-state index contributed by atoms with van der Waals surface area (Å²) in [5.74, 6) is 0. The molecule has 5 atom stereocenters. The fraction of sp³-hybridized carbons (Fsp3) is 0.500. The topological polar surface area (TPSA) is 128 Å². The van der Waals surface area contributed by atoms with Crippen molar-refractivity contribution >= 4 is 6.09 Å². The molecule has 0 bridgehead atoms. The van der Waals surface area contributed by atoms with Crippen molar-refractivity contribution in [2.24, 2.45) is 0 Å². The minimum absolute atomic E-state index is 0.0221. The predicted molar refractivity (Wildman–Crippen MR) is 73.5 cm³/mol. The maximum atomic E-state index is 11.7. The van der Waals surface area contributed by atoms with Gasteiger partial charge < -0.3 is 35.2 Å². The zero-order chi connectivity index (χ0) is 16.1. The zero-order valence-corrected chi connectivity index (χ0v) is 11.7. The van der Waals surface area contributed by atoms with Crippen LogP contribution in [0.5, 0.6) is 0 Å². The highest BCUT2D eigenvalue weighted by molar-refractivity contribution is 5.67. The summed E-state index contributed by atoms with van der Waals surface area (Å²) in [7, 11) is 0. The first kappa shape index (κ1) is 16.7. The molecule has 1 amide bonds. The first-order valence-corrected chi connectivity index (χ1v) is 6.80. The van der Waals surface area contributed by atoms with E-state index in [9.17, 15) is 20.1 Å². The van der Waals surface area contributed by atoms with Crippen molar-refractivity contribution in [2.75, 3.05) is 6.61 Å². The summed E-state index contributed by atoms with van der Waals surface area (Å²) in [5, 5.41) is 40.5. The Kier molecular flexibility index (Phi) is 5.69. The molecule has 8 nitrogen and oxygen atoms in total. The second-order valence-electron chi connectivity index (χ2n) is 4.96. The molecular formula is C14H19NO7. The minimum atomic E-state index is -1.57. The van der Waals surface area contributed by atoms with E-state index < -0.39 is 43.3 Å². The Bertz CT molecular complexity index is 483. The van der Waals surface area contributed by atoms with Gasteiger partial charge in [0.2, 0.25) is 0 Å². The van der Waals surface area contributed by atoms with Crippen molar-refractivity contribution in [3.05, 3.63) is 35.9 Å². The van der Waals surface area contributed by atoms with Gasteiger partial charge in [-0.15, -0.1) is 0 Å². The summed E-state index contributed by atoms with van der Waals surface area (Å²) in [6.07, 6.45) is -6.49. The molecule has 1 aliphatic rings. The third kappa shape index (κ3) is 3.93. The SMILES string of the molecule is O=C(N[C@H]1[C@@H](O)[C@H](O)[C@H](CO)O[C@H]1O)OCc1ccccc1. The van der Waals surface area contributed by atoms with E-state index >= 15 is 0 Å². The van der Waals surface area contributed by atoms with Crippen LogP contribution in [0.25, 0.3) is 0 Å². The van der Waals surface area contributed by atoms with Gasteiger partial charge in [-0.25, -0.2) is 4.79 Å². The second-order valence-corrected chi connectivity index (χ2v) is 4.96. The van der Waals surface area contributed by atoms with E-state index in [2.05, 4.69) is 5.32 Å². The van der Waals surface area contributed by atoms with Crippen LogP contribution in [0.15, 0.2) is 30.3 Å². The number of amides is 1. The van der Waals surface area contributed by atoms with E-state index in [-0.39, 0.29) is 6.61 Å². The second kappa shape index (κ2) is 7.52. The van der Waals surface area contributed by atoms with Crippen LogP contribution in [0.2, 0.25) is 0 Å². The molecule has 5 N–H and O–H groups in total. The maximum absolute atomic E-state index is 11.7. The normalized spacial score (nSPS) is 31.5. The largest absolute Gasteiger partial charge is 0.445 e. The van der Waals surface area contributed by atoms with E-state index in [0.29, 0.717) is 0 Å². The molecule has 0 aliphatic carbocycles. The molecule has 1 fully saturated rings. The molecule has 1 aromatic rings. The van der Waals surface area contributed by atoms with Gasteiger partial charge in [0.25, 0.3) is 0 Å². The summed E-state index contributed by atoms with van der Waals surface area (Å²) in [6, 6.07) is 7.71. The third-order valence-corrected chi connectivity index (χ3v) is 3.40. The van der Waals surface area contributed by atoms with Crippen LogP contribution in [0.4, 0.5) is 4.79 Å². The average Bonchev–Trinajstić information content (AvgIpc) is 2.54. The number of carbonyl (C=O) groups is 1. The number of hydrogen-bond acceptors (Lipinski definition) is 7. The highest BCUT2D eigenvalue weighted by atomic mass is 16.6. The first-order chi connectivity index (χ1) is 10.5. The quantitative estimate of drug-likeness (QED) is 0.468. The standard InChI is InChI=1S/C14H19NO7/c16-6-9-11(17)12(18)10(13(19)22-9)15-14(20)21-7-8-4-2-1-3-5-8/h1-5,9-13,16-19H,6-7H2,(H,15,20)/t9-,10-,11+,12+,13+/m0/s1. The number of ether oxygens (including phenoxy) is 2. The number of rotatable bonds is 4. The van der Waals surface area contributed by atoms with Crippen LogP contribution in [-0.2, 0) is 16.1 Å². The van der Waals surface area contributed by atoms with Gasteiger partial charge in [-0.05, 0) is 5.56 Å². The van der Waals surface area contributed by atoms with Crippen LogP contribution in [0.1, 0.15) is 5.56 Å². The maximum Gasteiger partial charge on any atom is 0.407 e. The summed E-state index contributed by atoms with van der Waals surface area (Å²) in [5.41, 5.74) is 0.777. The Morgan fingerprint density at radius 1 is 1.18 bits per heavy atom. The van der Waals surface area contributed by atoms with E-state index in [1.54, 1.807) is 24.3 Å². The summed E-state index contributed by atoms with van der Waals surface area (Å²) in [4.78, 5) is 11.7. The Hall–Kier alpha value is -1.71. The smallest absolute Gasteiger partial charge is 0.407 e. The van der Waals surface area contributed by atoms with Crippen molar-refractivity contribution in [1.29, 1.82) is 0 Å². The van der Waals surface area contributed by atoms with E-state index in [4.69, 9.17) is 14.6 Å². The van der Waals surface area contributed by atoms with Crippen LogP contribution in [-0.4, -0.2) is 63.8 Å². The first-order valence-electron chi connectivity index (χ1n) is 6.80. The molecule has 1 aromatic carbocycles. The van der Waals surface area contributed by atoms with Gasteiger partial charge in [0.1, 0.15) is 31.0 Å².